The highest BCUT2D eigenvalue weighted by atomic mass is 35.5. The number of nitrogens with zero attached hydrogens (tertiary/aromatic N) is 4. The molecule has 0 aliphatic heterocycles. The average Bonchev–Trinajstić information content (AvgIpc) is 3.25. The van der Waals surface area contributed by atoms with E-state index in [0.29, 0.717) is 39.5 Å². The minimum Gasteiger partial charge on any atom is -0.493 e. The van der Waals surface area contributed by atoms with Gasteiger partial charge in [-0.1, -0.05) is 23.4 Å². The highest BCUT2D eigenvalue weighted by molar-refractivity contribution is 7.99. The van der Waals surface area contributed by atoms with Gasteiger partial charge in [0.1, 0.15) is 0 Å². The van der Waals surface area contributed by atoms with E-state index < -0.39 is 0 Å². The number of hydrazone groups is 1. The molecule has 1 N–H and O–H groups in total. The number of ether oxygens (including phenoxy) is 3. The van der Waals surface area contributed by atoms with Gasteiger partial charge in [-0.15, -0.1) is 10.2 Å². The van der Waals surface area contributed by atoms with E-state index in [1.165, 1.54) is 39.3 Å². The van der Waals surface area contributed by atoms with Crippen molar-refractivity contribution in [2.75, 3.05) is 27.1 Å². The summed E-state index contributed by atoms with van der Waals surface area (Å²) in [5, 5.41) is 13.8. The summed E-state index contributed by atoms with van der Waals surface area (Å²) in [5.74, 6) is 2.05. The van der Waals surface area contributed by atoms with Crippen LogP contribution < -0.4 is 19.6 Å². The number of hydrogen-bond donors (Lipinski definition) is 1. The summed E-state index contributed by atoms with van der Waals surface area (Å²) < 4.78 is 17.9. The Morgan fingerprint density at radius 1 is 1.12 bits per heavy atom. The third-order valence-electron chi connectivity index (χ3n) is 4.56. The molecule has 9 nitrogen and oxygen atoms in total. The van der Waals surface area contributed by atoms with Gasteiger partial charge in [0.15, 0.2) is 22.5 Å². The van der Waals surface area contributed by atoms with E-state index in [1.807, 2.05) is 23.6 Å². The molecule has 1 heterocycles. The zero-order valence-corrected chi connectivity index (χ0v) is 20.2. The fourth-order valence-corrected chi connectivity index (χ4v) is 3.93. The fourth-order valence-electron chi connectivity index (χ4n) is 3.01. The van der Waals surface area contributed by atoms with E-state index in [0.717, 1.165) is 11.4 Å². The van der Waals surface area contributed by atoms with Gasteiger partial charge in [-0.25, -0.2) is 5.43 Å². The molecule has 1 amide bonds. The highest BCUT2D eigenvalue weighted by Crippen LogP contribution is 2.37. The van der Waals surface area contributed by atoms with Gasteiger partial charge >= 0.3 is 0 Å². The molecule has 0 atom stereocenters. The van der Waals surface area contributed by atoms with Crippen molar-refractivity contribution in [2.45, 2.75) is 18.6 Å². The highest BCUT2D eigenvalue weighted by Gasteiger charge is 2.15. The van der Waals surface area contributed by atoms with Crippen molar-refractivity contribution in [2.24, 2.45) is 5.10 Å². The molecule has 0 aliphatic rings. The normalized spacial score (nSPS) is 10.9. The first-order chi connectivity index (χ1) is 16.0. The molecular weight excluding hydrogens is 466 g/mol. The summed E-state index contributed by atoms with van der Waals surface area (Å²) in [5.41, 5.74) is 4.09. The van der Waals surface area contributed by atoms with Crippen LogP contribution in [0.15, 0.2) is 46.7 Å². The largest absolute Gasteiger partial charge is 0.493 e. The quantitative estimate of drug-likeness (QED) is 0.262. The Balaban J connectivity index is 1.62. The van der Waals surface area contributed by atoms with Gasteiger partial charge in [-0.3, -0.25) is 4.79 Å². The Morgan fingerprint density at radius 2 is 1.79 bits per heavy atom. The smallest absolute Gasteiger partial charge is 0.250 e. The molecule has 11 heteroatoms. The lowest BCUT2D eigenvalue weighted by Gasteiger charge is -2.12. The van der Waals surface area contributed by atoms with Gasteiger partial charge in [0.05, 0.1) is 33.3 Å². The molecule has 174 valence electrons. The fraction of sp³-hybridized carbons (Fsp3) is 0.273. The van der Waals surface area contributed by atoms with Gasteiger partial charge in [-0.05, 0) is 43.3 Å². The van der Waals surface area contributed by atoms with Crippen LogP contribution in [0.3, 0.4) is 0 Å². The lowest BCUT2D eigenvalue weighted by atomic mass is 10.2. The minimum absolute atomic E-state index is 0.130. The summed E-state index contributed by atoms with van der Waals surface area (Å²) in [4.78, 5) is 12.3. The number of rotatable bonds is 10. The number of nitrogens with one attached hydrogen (secondary N) is 1. The number of benzene rings is 2. The Bertz CT molecular complexity index is 1110. The molecule has 0 fully saturated rings. The van der Waals surface area contributed by atoms with Gasteiger partial charge in [0, 0.05) is 22.7 Å². The predicted molar refractivity (Wildman–Crippen MR) is 129 cm³/mol. The van der Waals surface area contributed by atoms with Crippen molar-refractivity contribution in [3.05, 3.63) is 47.0 Å². The van der Waals surface area contributed by atoms with Crippen molar-refractivity contribution in [3.8, 4) is 28.6 Å². The van der Waals surface area contributed by atoms with Crippen LogP contribution in [0.5, 0.6) is 17.2 Å². The van der Waals surface area contributed by atoms with Crippen LogP contribution in [-0.4, -0.2) is 54.0 Å². The van der Waals surface area contributed by atoms with Crippen molar-refractivity contribution < 1.29 is 19.0 Å². The van der Waals surface area contributed by atoms with Crippen molar-refractivity contribution in [1.29, 1.82) is 0 Å². The lowest BCUT2D eigenvalue weighted by molar-refractivity contribution is -0.118. The zero-order valence-electron chi connectivity index (χ0n) is 18.7. The summed E-state index contributed by atoms with van der Waals surface area (Å²) in [7, 11) is 4.60. The second kappa shape index (κ2) is 11.6. The molecule has 0 bridgehead atoms. The first-order valence-corrected chi connectivity index (χ1v) is 11.3. The zero-order chi connectivity index (χ0) is 23.8. The van der Waals surface area contributed by atoms with Gasteiger partial charge < -0.3 is 18.8 Å². The number of carbonyl (C=O) groups excluding carboxylic acids is 1. The van der Waals surface area contributed by atoms with E-state index in [4.69, 9.17) is 25.8 Å². The average molecular weight is 490 g/mol. The van der Waals surface area contributed by atoms with Gasteiger partial charge in [-0.2, -0.15) is 5.10 Å². The third-order valence-corrected chi connectivity index (χ3v) is 5.78. The third kappa shape index (κ3) is 5.96. The number of halogens is 1. The molecule has 0 saturated heterocycles. The molecule has 2 aromatic carbocycles. The summed E-state index contributed by atoms with van der Waals surface area (Å²) >= 11 is 7.25. The SMILES string of the molecule is CCn1c(SCC(=O)N/N=C\c2cc(OC)c(OC)c(OC)c2)nnc1-c1ccc(Cl)cc1. The van der Waals surface area contributed by atoms with Crippen LogP contribution in [0.25, 0.3) is 11.4 Å². The number of aromatic nitrogens is 3. The topological polar surface area (TPSA) is 99.9 Å². The van der Waals surface area contributed by atoms with Crippen molar-refractivity contribution >= 4 is 35.5 Å². The van der Waals surface area contributed by atoms with Crippen molar-refractivity contribution in [3.63, 3.8) is 0 Å². The maximum atomic E-state index is 12.3. The van der Waals surface area contributed by atoms with Crippen LogP contribution in [0.1, 0.15) is 12.5 Å². The summed E-state index contributed by atoms with van der Waals surface area (Å²) in [6, 6.07) is 10.8. The maximum Gasteiger partial charge on any atom is 0.250 e. The van der Waals surface area contributed by atoms with Crippen LogP contribution >= 0.6 is 23.4 Å². The predicted octanol–water partition coefficient (Wildman–Crippen LogP) is 3.89. The molecule has 3 aromatic rings. The number of thioether (sulfide) groups is 1. The molecule has 0 aliphatic carbocycles. The lowest BCUT2D eigenvalue weighted by Crippen LogP contribution is -2.20. The standard InChI is InChI=1S/C22H24ClN5O4S/c1-5-28-21(15-6-8-16(23)9-7-15)26-27-22(28)33-13-19(29)25-24-12-14-10-17(30-2)20(32-4)18(11-14)31-3/h6-12H,5,13H2,1-4H3,(H,25,29)/b24-12-. The Morgan fingerprint density at radius 3 is 2.36 bits per heavy atom. The molecule has 0 saturated carbocycles. The Labute approximate surface area is 201 Å². The van der Waals surface area contributed by atoms with E-state index in [9.17, 15) is 4.79 Å². The second-order valence-electron chi connectivity index (χ2n) is 6.60. The van der Waals surface area contributed by atoms with Crippen LogP contribution in [0.4, 0.5) is 0 Å². The van der Waals surface area contributed by atoms with Crippen LogP contribution in [0.2, 0.25) is 5.02 Å². The molecule has 33 heavy (non-hydrogen) atoms. The minimum atomic E-state index is -0.276. The van der Waals surface area contributed by atoms with Crippen LogP contribution in [0, 0.1) is 0 Å². The van der Waals surface area contributed by atoms with Crippen molar-refractivity contribution in [1.82, 2.24) is 20.2 Å². The van der Waals surface area contributed by atoms with Gasteiger partial charge in [0.25, 0.3) is 5.91 Å². The van der Waals surface area contributed by atoms with E-state index in [1.54, 1.807) is 24.3 Å². The van der Waals surface area contributed by atoms with E-state index in [2.05, 4.69) is 20.7 Å². The van der Waals surface area contributed by atoms with Crippen LogP contribution in [-0.2, 0) is 11.3 Å². The van der Waals surface area contributed by atoms with E-state index >= 15 is 0 Å². The van der Waals surface area contributed by atoms with E-state index in [-0.39, 0.29) is 11.7 Å². The molecular formula is C22H24ClN5O4S. The molecule has 0 unspecified atom stereocenters. The first kappa shape index (κ1) is 24.4. The number of methoxy groups -OCH3 is 3. The van der Waals surface area contributed by atoms with Gasteiger partial charge in [0.2, 0.25) is 5.75 Å². The monoisotopic (exact) mass is 489 g/mol. The summed E-state index contributed by atoms with van der Waals surface area (Å²) in [6.45, 7) is 2.66. The second-order valence-corrected chi connectivity index (χ2v) is 7.98. The first-order valence-electron chi connectivity index (χ1n) is 9.94. The Hall–Kier alpha value is -3.24. The molecule has 0 radical (unpaired) electrons. The molecule has 3 rings (SSSR count). The maximum absolute atomic E-state index is 12.3. The molecule has 0 spiro atoms. The number of carbonyl (C=O) groups is 1. The Kier molecular flexibility index (Phi) is 8.56. The number of amides is 1. The summed E-state index contributed by atoms with van der Waals surface area (Å²) in [6.07, 6.45) is 1.50. The number of hydrogen-bond acceptors (Lipinski definition) is 8. The molecule has 1 aromatic heterocycles.